The molecule has 0 aliphatic heterocycles. The second-order valence-corrected chi connectivity index (χ2v) is 4.90. The van der Waals surface area contributed by atoms with Gasteiger partial charge in [-0.1, -0.05) is 18.2 Å². The summed E-state index contributed by atoms with van der Waals surface area (Å²) in [5, 5.41) is 4.06. The van der Waals surface area contributed by atoms with Crippen LogP contribution in [0.3, 0.4) is 0 Å². The number of benzene rings is 2. The number of halogens is 3. The van der Waals surface area contributed by atoms with Gasteiger partial charge < -0.3 is 10.6 Å². The predicted molar refractivity (Wildman–Crippen MR) is 85.4 cm³/mol. The highest BCUT2D eigenvalue weighted by Crippen LogP contribution is 2.19. The van der Waals surface area contributed by atoms with E-state index in [1.54, 1.807) is 18.2 Å². The Morgan fingerprint density at radius 2 is 1.54 bits per heavy atom. The van der Waals surface area contributed by atoms with Crippen LogP contribution in [0.1, 0.15) is 10.4 Å². The number of amides is 4. The molecule has 0 heterocycles. The molecule has 2 aromatic carbocycles. The van der Waals surface area contributed by atoms with Crippen molar-refractivity contribution in [3.05, 3.63) is 65.5 Å². The molecule has 0 unspecified atom stereocenters. The van der Waals surface area contributed by atoms with Crippen LogP contribution in [-0.4, -0.2) is 24.4 Å². The number of hydrogen-bond acceptors (Lipinski definition) is 3. The third kappa shape index (κ3) is 4.97. The average Bonchev–Trinajstić information content (AvgIpc) is 2.65. The lowest BCUT2D eigenvalue weighted by atomic mass is 10.2. The van der Waals surface area contributed by atoms with Crippen molar-refractivity contribution < 1.29 is 27.6 Å². The van der Waals surface area contributed by atoms with E-state index in [9.17, 15) is 27.6 Å². The summed E-state index contributed by atoms with van der Waals surface area (Å²) in [6.07, 6.45) is 0. The summed E-state index contributed by atoms with van der Waals surface area (Å²) in [6.45, 7) is -0.606. The van der Waals surface area contributed by atoms with Gasteiger partial charge in [0.25, 0.3) is 5.91 Å². The Kier molecular flexibility index (Phi) is 6.15. The number of carbonyl (C=O) groups is 3. The van der Waals surface area contributed by atoms with Crippen LogP contribution in [0.5, 0.6) is 0 Å². The molecule has 2 aromatic rings. The Morgan fingerprint density at radius 3 is 2.23 bits per heavy atom. The van der Waals surface area contributed by atoms with Gasteiger partial charge in [0, 0.05) is 5.56 Å². The van der Waals surface area contributed by atoms with Gasteiger partial charge in [0.1, 0.15) is 0 Å². The summed E-state index contributed by atoms with van der Waals surface area (Å²) in [7, 11) is 0. The van der Waals surface area contributed by atoms with E-state index >= 15 is 0 Å². The van der Waals surface area contributed by atoms with Gasteiger partial charge in [0.2, 0.25) is 5.91 Å². The first-order chi connectivity index (χ1) is 12.4. The highest BCUT2D eigenvalue weighted by molar-refractivity contribution is 5.96. The molecule has 0 saturated carbocycles. The molecule has 0 radical (unpaired) electrons. The van der Waals surface area contributed by atoms with Gasteiger partial charge in [-0.05, 0) is 24.3 Å². The van der Waals surface area contributed by atoms with Crippen LogP contribution in [0.4, 0.5) is 23.7 Å². The minimum absolute atomic E-state index is 0.305. The lowest BCUT2D eigenvalue weighted by Crippen LogP contribution is -2.48. The van der Waals surface area contributed by atoms with Gasteiger partial charge >= 0.3 is 6.03 Å². The van der Waals surface area contributed by atoms with E-state index in [1.807, 2.05) is 10.7 Å². The van der Waals surface area contributed by atoms with Crippen molar-refractivity contribution in [2.24, 2.45) is 0 Å². The van der Waals surface area contributed by atoms with Crippen molar-refractivity contribution in [1.29, 1.82) is 0 Å². The fourth-order valence-corrected chi connectivity index (χ4v) is 1.80. The molecule has 0 bridgehead atoms. The zero-order valence-corrected chi connectivity index (χ0v) is 13.1. The van der Waals surface area contributed by atoms with Crippen LogP contribution in [-0.2, 0) is 4.79 Å². The molecule has 0 aliphatic rings. The van der Waals surface area contributed by atoms with E-state index in [0.29, 0.717) is 11.6 Å². The van der Waals surface area contributed by atoms with Crippen molar-refractivity contribution in [2.45, 2.75) is 0 Å². The normalized spacial score (nSPS) is 9.96. The molecule has 2 rings (SSSR count). The van der Waals surface area contributed by atoms with Crippen LogP contribution in [0, 0.1) is 17.5 Å². The van der Waals surface area contributed by atoms with Gasteiger partial charge in [-0.25, -0.2) is 23.4 Å². The fraction of sp³-hybridized carbons (Fsp3) is 0.0625. The van der Waals surface area contributed by atoms with Crippen molar-refractivity contribution >= 4 is 23.5 Å². The molecule has 0 aliphatic carbocycles. The number of hydrazine groups is 1. The summed E-state index contributed by atoms with van der Waals surface area (Å²) in [6, 6.07) is 8.62. The van der Waals surface area contributed by atoms with Gasteiger partial charge in [0.05, 0.1) is 12.2 Å². The second kappa shape index (κ2) is 8.51. The summed E-state index contributed by atoms with van der Waals surface area (Å²) in [4.78, 5) is 34.8. The Morgan fingerprint density at radius 1 is 0.846 bits per heavy atom. The highest BCUT2D eigenvalue weighted by Gasteiger charge is 2.15. The largest absolute Gasteiger partial charge is 0.333 e. The van der Waals surface area contributed by atoms with Crippen LogP contribution in [0.25, 0.3) is 0 Å². The Hall–Kier alpha value is -3.56. The Labute approximate surface area is 145 Å². The molecular formula is C16H13F3N4O3. The molecule has 0 fully saturated rings. The second-order valence-electron chi connectivity index (χ2n) is 4.90. The smallest absolute Gasteiger partial charge is 0.328 e. The number of nitrogens with one attached hydrogen (secondary N) is 4. The number of anilines is 1. The number of hydrogen-bond donors (Lipinski definition) is 4. The van der Waals surface area contributed by atoms with Gasteiger partial charge in [0.15, 0.2) is 17.5 Å². The summed E-state index contributed by atoms with van der Waals surface area (Å²) in [5.74, 6) is -6.14. The van der Waals surface area contributed by atoms with Crippen LogP contribution >= 0.6 is 0 Å². The topological polar surface area (TPSA) is 99.3 Å². The summed E-state index contributed by atoms with van der Waals surface area (Å²) < 4.78 is 39.3. The van der Waals surface area contributed by atoms with E-state index in [0.717, 1.165) is 6.07 Å². The fourth-order valence-electron chi connectivity index (χ4n) is 1.80. The summed E-state index contributed by atoms with van der Waals surface area (Å²) in [5.41, 5.74) is 3.86. The van der Waals surface area contributed by atoms with Crippen molar-refractivity contribution in [3.8, 4) is 0 Å². The minimum Gasteiger partial charge on any atom is -0.328 e. The van der Waals surface area contributed by atoms with Gasteiger partial charge in [-0.15, -0.1) is 0 Å². The first-order valence-electron chi connectivity index (χ1n) is 7.21. The standard InChI is InChI=1S/C16H13F3N4O3/c17-10-6-7-11(14(19)13(10)18)21-12(24)8-20-16(26)23-22-15(25)9-4-2-1-3-5-9/h1-7H,8H2,(H,21,24)(H,22,25)(H2,20,23,26). The first-order valence-corrected chi connectivity index (χ1v) is 7.21. The van der Waals surface area contributed by atoms with Crippen molar-refractivity contribution in [2.75, 3.05) is 11.9 Å². The van der Waals surface area contributed by atoms with Crippen LogP contribution in [0.2, 0.25) is 0 Å². The van der Waals surface area contributed by atoms with E-state index in [-0.39, 0.29) is 0 Å². The highest BCUT2D eigenvalue weighted by atomic mass is 19.2. The van der Waals surface area contributed by atoms with E-state index in [4.69, 9.17) is 0 Å². The van der Waals surface area contributed by atoms with Crippen LogP contribution < -0.4 is 21.5 Å². The Bertz CT molecular complexity index is 831. The molecular weight excluding hydrogens is 353 g/mol. The average molecular weight is 366 g/mol. The van der Waals surface area contributed by atoms with Crippen molar-refractivity contribution in [3.63, 3.8) is 0 Å². The zero-order chi connectivity index (χ0) is 19.1. The number of urea groups is 1. The third-order valence-corrected chi connectivity index (χ3v) is 3.04. The summed E-state index contributed by atoms with van der Waals surface area (Å²) >= 11 is 0. The van der Waals surface area contributed by atoms with E-state index < -0.39 is 47.5 Å². The number of rotatable bonds is 4. The molecule has 0 aromatic heterocycles. The van der Waals surface area contributed by atoms with E-state index in [1.165, 1.54) is 12.1 Å². The zero-order valence-electron chi connectivity index (χ0n) is 13.1. The maximum absolute atomic E-state index is 13.4. The molecule has 26 heavy (non-hydrogen) atoms. The monoisotopic (exact) mass is 366 g/mol. The molecule has 0 spiro atoms. The minimum atomic E-state index is -1.72. The third-order valence-electron chi connectivity index (χ3n) is 3.04. The molecule has 136 valence electrons. The predicted octanol–water partition coefficient (Wildman–Crippen LogP) is 1.69. The van der Waals surface area contributed by atoms with Gasteiger partial charge in [-0.2, -0.15) is 0 Å². The first kappa shape index (κ1) is 18.8. The van der Waals surface area contributed by atoms with Crippen LogP contribution in [0.15, 0.2) is 42.5 Å². The lowest BCUT2D eigenvalue weighted by molar-refractivity contribution is -0.115. The molecule has 4 amide bonds. The lowest BCUT2D eigenvalue weighted by Gasteiger charge is -2.10. The Balaban J connectivity index is 1.78. The van der Waals surface area contributed by atoms with Crippen molar-refractivity contribution in [1.82, 2.24) is 16.2 Å². The molecule has 10 heteroatoms. The maximum atomic E-state index is 13.4. The van der Waals surface area contributed by atoms with E-state index in [2.05, 4.69) is 10.7 Å². The molecule has 0 saturated heterocycles. The molecule has 4 N–H and O–H groups in total. The SMILES string of the molecule is O=C(CNC(=O)NNC(=O)c1ccccc1)Nc1ccc(F)c(F)c1F. The maximum Gasteiger partial charge on any atom is 0.333 e. The quantitative estimate of drug-likeness (QED) is 0.489. The molecule has 7 nitrogen and oxygen atoms in total. The molecule has 0 atom stereocenters. The van der Waals surface area contributed by atoms with Gasteiger partial charge in [-0.3, -0.25) is 15.0 Å². The number of carbonyl (C=O) groups excluding carboxylic acids is 3.